The van der Waals surface area contributed by atoms with Crippen LogP contribution in [0.15, 0.2) is 54.2 Å². The molecule has 0 spiro atoms. The first kappa shape index (κ1) is 16.4. The van der Waals surface area contributed by atoms with Crippen molar-refractivity contribution >= 4 is 17.1 Å². The average molecular weight is 325 g/mol. The molecule has 2 aromatic carbocycles. The molecule has 3 rings (SSSR count). The lowest BCUT2D eigenvalue weighted by atomic mass is 10.1. The molecule has 1 aliphatic rings. The monoisotopic (exact) mass is 325 g/mol. The van der Waals surface area contributed by atoms with Crippen molar-refractivity contribution in [1.29, 1.82) is 0 Å². The molecule has 0 radical (unpaired) electrons. The van der Waals surface area contributed by atoms with E-state index in [2.05, 4.69) is 22.3 Å². The van der Waals surface area contributed by atoms with E-state index in [1.807, 2.05) is 43.3 Å². The Bertz CT molecular complexity index is 754. The number of nitrogens with one attached hydrogen (secondary N) is 1. The molecule has 24 heavy (non-hydrogen) atoms. The number of rotatable bonds is 3. The molecule has 0 aliphatic carbocycles. The van der Waals surface area contributed by atoms with Crippen LogP contribution in [0.1, 0.15) is 24.2 Å². The predicted molar refractivity (Wildman–Crippen MR) is 96.7 cm³/mol. The predicted octanol–water partition coefficient (Wildman–Crippen LogP) is 2.10. The number of nitrogens with zero attached hydrogens (tertiary/aromatic N) is 1. The van der Waals surface area contributed by atoms with Crippen LogP contribution in [0.25, 0.3) is 5.70 Å². The van der Waals surface area contributed by atoms with E-state index in [1.165, 1.54) is 0 Å². The van der Waals surface area contributed by atoms with Crippen molar-refractivity contribution in [2.75, 3.05) is 24.6 Å². The van der Waals surface area contributed by atoms with Crippen molar-refractivity contribution in [2.24, 2.45) is 5.73 Å². The molecule has 1 heterocycles. The summed E-state index contributed by atoms with van der Waals surface area (Å²) >= 11 is 0. The van der Waals surface area contributed by atoms with Gasteiger partial charge < -0.3 is 26.2 Å². The fraction of sp³-hybridized carbons (Fsp3) is 0.263. The lowest BCUT2D eigenvalue weighted by Gasteiger charge is -2.25. The van der Waals surface area contributed by atoms with E-state index in [0.717, 1.165) is 41.4 Å². The summed E-state index contributed by atoms with van der Waals surface area (Å²) < 4.78 is 0. The second-order valence-electron chi connectivity index (χ2n) is 5.95. The van der Waals surface area contributed by atoms with Crippen molar-refractivity contribution in [3.63, 3.8) is 0 Å². The number of anilines is 2. The van der Waals surface area contributed by atoms with Crippen molar-refractivity contribution in [2.45, 2.75) is 13.0 Å². The third kappa shape index (κ3) is 3.09. The topological polar surface area (TPSA) is 81.8 Å². The van der Waals surface area contributed by atoms with Crippen LogP contribution in [0.5, 0.6) is 0 Å². The third-order valence-corrected chi connectivity index (χ3v) is 4.24. The van der Waals surface area contributed by atoms with Gasteiger partial charge in [-0.1, -0.05) is 30.3 Å². The maximum atomic E-state index is 9.91. The highest BCUT2D eigenvalue weighted by Gasteiger charge is 2.20. The van der Waals surface area contributed by atoms with Gasteiger partial charge in [0.2, 0.25) is 0 Å². The molecule has 5 heteroatoms. The van der Waals surface area contributed by atoms with Gasteiger partial charge in [-0.25, -0.2) is 0 Å². The first-order chi connectivity index (χ1) is 11.6. The van der Waals surface area contributed by atoms with Crippen LogP contribution in [0.3, 0.4) is 0 Å². The Morgan fingerprint density at radius 1 is 1.25 bits per heavy atom. The van der Waals surface area contributed by atoms with E-state index < -0.39 is 6.10 Å². The minimum Gasteiger partial charge on any atom is -0.401 e. The third-order valence-electron chi connectivity index (χ3n) is 4.24. The Balaban J connectivity index is 2.08. The van der Waals surface area contributed by atoms with Gasteiger partial charge in [-0.05, 0) is 30.7 Å². The van der Waals surface area contributed by atoms with Crippen LogP contribution in [0.2, 0.25) is 0 Å². The lowest BCUT2D eigenvalue weighted by Crippen LogP contribution is -2.25. The van der Waals surface area contributed by atoms with Crippen LogP contribution in [-0.2, 0) is 0 Å². The van der Waals surface area contributed by atoms with E-state index in [1.54, 1.807) is 0 Å². The van der Waals surface area contributed by atoms with Crippen LogP contribution in [0, 0.1) is 0 Å². The zero-order valence-electron chi connectivity index (χ0n) is 13.7. The molecule has 2 aromatic rings. The van der Waals surface area contributed by atoms with Gasteiger partial charge in [0.05, 0.1) is 18.0 Å². The van der Waals surface area contributed by atoms with Crippen LogP contribution in [-0.4, -0.2) is 29.9 Å². The number of hydrogen-bond acceptors (Lipinski definition) is 5. The smallest absolute Gasteiger partial charge is 0.102 e. The van der Waals surface area contributed by atoms with Crippen molar-refractivity contribution in [1.82, 2.24) is 5.32 Å². The molecule has 0 amide bonds. The second kappa shape index (κ2) is 6.95. The van der Waals surface area contributed by atoms with E-state index in [4.69, 9.17) is 5.73 Å². The Labute approximate surface area is 142 Å². The number of aliphatic hydroxyl groups excluding tert-OH is 2. The number of fused-ring (bicyclic) bond motifs is 1. The highest BCUT2D eigenvalue weighted by molar-refractivity contribution is 5.81. The fourth-order valence-corrected chi connectivity index (χ4v) is 3.05. The molecule has 126 valence electrons. The van der Waals surface area contributed by atoms with Crippen molar-refractivity contribution in [3.8, 4) is 0 Å². The number of para-hydroxylation sites is 1. The van der Waals surface area contributed by atoms with Crippen molar-refractivity contribution < 1.29 is 10.2 Å². The van der Waals surface area contributed by atoms with E-state index in [9.17, 15) is 10.2 Å². The molecule has 0 bridgehead atoms. The molecule has 1 atom stereocenters. The molecular formula is C19H23N3O2. The standard InChI is InChI=1S/C19H23N3O2/c1-13(20)19-16-7-2-3-8-17(16)22(10-9-21-19)15-6-4-5-14(11-15)18(24)12-23/h2-8,11,18,21,23-24H,9-10,12,20H2,1H3/b19-13-. The molecule has 0 saturated carbocycles. The molecule has 5 N–H and O–H groups in total. The Hall–Kier alpha value is -2.50. The molecule has 1 aliphatic heterocycles. The largest absolute Gasteiger partial charge is 0.401 e. The molecule has 0 saturated heterocycles. The van der Waals surface area contributed by atoms with Gasteiger partial charge in [0.25, 0.3) is 0 Å². The summed E-state index contributed by atoms with van der Waals surface area (Å²) in [5, 5.41) is 22.5. The number of hydrogen-bond donors (Lipinski definition) is 4. The number of benzene rings is 2. The maximum Gasteiger partial charge on any atom is 0.102 e. The number of aliphatic hydroxyl groups is 2. The summed E-state index contributed by atoms with van der Waals surface area (Å²) in [6, 6.07) is 15.8. The lowest BCUT2D eigenvalue weighted by molar-refractivity contribution is 0.0956. The van der Waals surface area contributed by atoms with E-state index in [-0.39, 0.29) is 6.61 Å². The first-order valence-corrected chi connectivity index (χ1v) is 8.08. The molecule has 0 aromatic heterocycles. The highest BCUT2D eigenvalue weighted by atomic mass is 16.3. The van der Waals surface area contributed by atoms with E-state index in [0.29, 0.717) is 5.56 Å². The first-order valence-electron chi connectivity index (χ1n) is 8.08. The van der Waals surface area contributed by atoms with Gasteiger partial charge in [-0.15, -0.1) is 0 Å². The Kier molecular flexibility index (Phi) is 4.74. The van der Waals surface area contributed by atoms with Gasteiger partial charge in [-0.2, -0.15) is 0 Å². The van der Waals surface area contributed by atoms with Gasteiger partial charge in [-0.3, -0.25) is 0 Å². The van der Waals surface area contributed by atoms with Crippen LogP contribution >= 0.6 is 0 Å². The van der Waals surface area contributed by atoms with Gasteiger partial charge in [0.1, 0.15) is 6.10 Å². The molecule has 1 unspecified atom stereocenters. The minimum atomic E-state index is -0.868. The Morgan fingerprint density at radius 2 is 2.04 bits per heavy atom. The minimum absolute atomic E-state index is 0.291. The normalized spacial score (nSPS) is 17.5. The van der Waals surface area contributed by atoms with Crippen LogP contribution < -0.4 is 16.0 Å². The summed E-state index contributed by atoms with van der Waals surface area (Å²) in [6.07, 6.45) is -0.868. The Morgan fingerprint density at radius 3 is 2.79 bits per heavy atom. The maximum absolute atomic E-state index is 9.91. The van der Waals surface area contributed by atoms with Crippen LogP contribution in [0.4, 0.5) is 11.4 Å². The summed E-state index contributed by atoms with van der Waals surface area (Å²) in [4.78, 5) is 2.20. The zero-order chi connectivity index (χ0) is 17.1. The second-order valence-corrected chi connectivity index (χ2v) is 5.95. The summed E-state index contributed by atoms with van der Waals surface area (Å²) in [6.45, 7) is 3.13. The quantitative estimate of drug-likeness (QED) is 0.695. The number of nitrogens with two attached hydrogens (primary N) is 1. The average Bonchev–Trinajstić information content (AvgIpc) is 2.81. The zero-order valence-corrected chi connectivity index (χ0v) is 13.7. The summed E-state index contributed by atoms with van der Waals surface area (Å²) in [7, 11) is 0. The summed E-state index contributed by atoms with van der Waals surface area (Å²) in [5.74, 6) is 0. The SMILES string of the molecule is C/C(N)=C1/NCCN(c2cccc(C(O)CO)c2)c2ccccc21. The van der Waals surface area contributed by atoms with Gasteiger partial charge in [0.15, 0.2) is 0 Å². The van der Waals surface area contributed by atoms with Gasteiger partial charge in [0, 0.05) is 30.0 Å². The van der Waals surface area contributed by atoms with Crippen molar-refractivity contribution in [3.05, 3.63) is 65.4 Å². The molecule has 5 nitrogen and oxygen atoms in total. The van der Waals surface area contributed by atoms with E-state index >= 15 is 0 Å². The fourth-order valence-electron chi connectivity index (χ4n) is 3.05. The molecule has 0 fully saturated rings. The van der Waals surface area contributed by atoms with Gasteiger partial charge >= 0.3 is 0 Å². The molecular weight excluding hydrogens is 302 g/mol. The summed E-state index contributed by atoms with van der Waals surface area (Å²) in [5.41, 5.74) is 11.6. The highest BCUT2D eigenvalue weighted by Crippen LogP contribution is 2.34. The number of allylic oxidation sites excluding steroid dienone is 1.